The van der Waals surface area contributed by atoms with E-state index in [9.17, 15) is 4.79 Å². The van der Waals surface area contributed by atoms with E-state index in [1.807, 2.05) is 0 Å². The van der Waals surface area contributed by atoms with Crippen molar-refractivity contribution in [2.24, 2.45) is 0 Å². The highest BCUT2D eigenvalue weighted by Gasteiger charge is 1.97. The summed E-state index contributed by atoms with van der Waals surface area (Å²) in [6.45, 7) is 0.320. The Morgan fingerprint density at radius 1 is 1.33 bits per heavy atom. The molecule has 64 valence electrons. The fourth-order valence-corrected chi connectivity index (χ4v) is 0.764. The third-order valence-corrected chi connectivity index (χ3v) is 1.18. The Bertz CT molecular complexity index is 263. The molecule has 0 bridgehead atoms. The summed E-state index contributed by atoms with van der Waals surface area (Å²) >= 11 is 4.83. The summed E-state index contributed by atoms with van der Waals surface area (Å²) in [5.74, 6) is 0.709. The average Bonchev–Trinajstić information content (AvgIpc) is 2.06. The molecule has 4 nitrogen and oxygen atoms in total. The molecule has 0 radical (unpaired) electrons. The molecule has 0 aromatic heterocycles. The lowest BCUT2D eigenvalue weighted by Crippen LogP contribution is -1.90. The quantitative estimate of drug-likeness (QED) is 0.410. The van der Waals surface area contributed by atoms with Gasteiger partial charge in [0.15, 0.2) is 5.75 Å². The van der Waals surface area contributed by atoms with Gasteiger partial charge in [0.25, 0.3) is 6.47 Å². The minimum Gasteiger partial charge on any atom is -0.429 e. The van der Waals surface area contributed by atoms with Crippen LogP contribution in [0.5, 0.6) is 11.5 Å². The van der Waals surface area contributed by atoms with E-state index >= 15 is 0 Å². The van der Waals surface area contributed by atoms with Gasteiger partial charge in [-0.1, -0.05) is 10.5 Å². The maximum Gasteiger partial charge on any atom is 0.298 e. The first-order valence-corrected chi connectivity index (χ1v) is 3.33. The standard InChI is InChI=1S/C7H5ClO4/c8-12-11-7-3-1-2-6(4-7)10-5-9/h1-5H. The third-order valence-electron chi connectivity index (χ3n) is 1.12. The summed E-state index contributed by atoms with van der Waals surface area (Å²) in [5, 5.41) is 0. The van der Waals surface area contributed by atoms with Crippen LogP contribution >= 0.6 is 11.9 Å². The molecule has 0 fully saturated rings. The van der Waals surface area contributed by atoms with Gasteiger partial charge in [-0.15, -0.1) is 0 Å². The van der Waals surface area contributed by atoms with Gasteiger partial charge >= 0.3 is 0 Å². The molecule has 5 heteroatoms. The summed E-state index contributed by atoms with van der Waals surface area (Å²) in [6, 6.07) is 6.27. The maximum absolute atomic E-state index is 9.92. The molecule has 0 N–H and O–H groups in total. The summed E-state index contributed by atoms with van der Waals surface area (Å²) in [6.07, 6.45) is 0. The van der Waals surface area contributed by atoms with E-state index < -0.39 is 0 Å². The smallest absolute Gasteiger partial charge is 0.298 e. The molecule has 12 heavy (non-hydrogen) atoms. The SMILES string of the molecule is O=COc1cccc(OOCl)c1. The highest BCUT2D eigenvalue weighted by Crippen LogP contribution is 2.19. The van der Waals surface area contributed by atoms with Gasteiger partial charge in [0, 0.05) is 6.07 Å². The molecule has 1 aromatic carbocycles. The topological polar surface area (TPSA) is 44.8 Å². The highest BCUT2D eigenvalue weighted by molar-refractivity contribution is 6.06. The number of benzene rings is 1. The predicted molar refractivity (Wildman–Crippen MR) is 40.7 cm³/mol. The molecule has 0 aliphatic rings. The minimum atomic E-state index is 0.320. The Hall–Kier alpha value is -1.26. The van der Waals surface area contributed by atoms with Gasteiger partial charge in [-0.25, -0.2) is 0 Å². The number of rotatable bonds is 4. The van der Waals surface area contributed by atoms with Gasteiger partial charge in [-0.3, -0.25) is 4.79 Å². The lowest BCUT2D eigenvalue weighted by atomic mass is 10.3. The van der Waals surface area contributed by atoms with Crippen LogP contribution in [0.25, 0.3) is 0 Å². The molecule has 0 atom stereocenters. The van der Waals surface area contributed by atoms with Gasteiger partial charge in [0.2, 0.25) is 0 Å². The molecule has 0 spiro atoms. The Balaban J connectivity index is 2.73. The second kappa shape index (κ2) is 4.58. The van der Waals surface area contributed by atoms with E-state index in [-0.39, 0.29) is 0 Å². The van der Waals surface area contributed by atoms with Crippen molar-refractivity contribution in [2.45, 2.75) is 0 Å². The number of carbonyl (C=O) groups excluding carboxylic acids is 1. The Morgan fingerprint density at radius 3 is 2.75 bits per heavy atom. The van der Waals surface area contributed by atoms with Crippen molar-refractivity contribution in [1.82, 2.24) is 0 Å². The fourth-order valence-electron chi connectivity index (χ4n) is 0.691. The summed E-state index contributed by atoms with van der Waals surface area (Å²) in [7, 11) is 0. The summed E-state index contributed by atoms with van der Waals surface area (Å²) in [4.78, 5) is 14.4. The van der Waals surface area contributed by atoms with Crippen molar-refractivity contribution in [3.05, 3.63) is 24.3 Å². The second-order valence-electron chi connectivity index (χ2n) is 1.84. The van der Waals surface area contributed by atoms with Gasteiger partial charge < -0.3 is 9.62 Å². The fraction of sp³-hybridized carbons (Fsp3) is 0. The molecule has 1 aromatic rings. The number of hydrogen-bond acceptors (Lipinski definition) is 4. The molecule has 0 unspecified atom stereocenters. The molecule has 0 aliphatic heterocycles. The van der Waals surface area contributed by atoms with Crippen LogP contribution in [0.4, 0.5) is 0 Å². The van der Waals surface area contributed by atoms with E-state index in [2.05, 4.69) is 14.1 Å². The third kappa shape index (κ3) is 2.41. The first kappa shape index (κ1) is 8.83. The molecule has 1 rings (SSSR count). The van der Waals surface area contributed by atoms with Crippen LogP contribution in [0, 0.1) is 0 Å². The number of ether oxygens (including phenoxy) is 1. The monoisotopic (exact) mass is 188 g/mol. The van der Waals surface area contributed by atoms with Gasteiger partial charge in [-0.05, 0) is 12.1 Å². The van der Waals surface area contributed by atoms with Crippen molar-refractivity contribution in [3.8, 4) is 11.5 Å². The maximum atomic E-state index is 9.92. The summed E-state index contributed by atoms with van der Waals surface area (Å²) in [5.41, 5.74) is 0. The lowest BCUT2D eigenvalue weighted by molar-refractivity contribution is -0.120. The lowest BCUT2D eigenvalue weighted by Gasteiger charge is -2.00. The molecule has 0 amide bonds. The van der Waals surface area contributed by atoms with Crippen LogP contribution in [0.3, 0.4) is 0 Å². The van der Waals surface area contributed by atoms with Crippen LogP contribution in [0.2, 0.25) is 0 Å². The highest BCUT2D eigenvalue weighted by atomic mass is 35.5. The van der Waals surface area contributed by atoms with E-state index in [0.29, 0.717) is 18.0 Å². The normalized spacial score (nSPS) is 9.08. The van der Waals surface area contributed by atoms with Crippen LogP contribution in [0.1, 0.15) is 0 Å². The molecular formula is C7H5ClO4. The van der Waals surface area contributed by atoms with E-state index in [1.54, 1.807) is 18.2 Å². The average molecular weight is 189 g/mol. The van der Waals surface area contributed by atoms with Gasteiger partial charge in [0.05, 0.1) is 0 Å². The van der Waals surface area contributed by atoms with Gasteiger partial charge in [-0.2, -0.15) is 0 Å². The van der Waals surface area contributed by atoms with Crippen LogP contribution in [-0.2, 0) is 9.23 Å². The molecular weight excluding hydrogens is 184 g/mol. The second-order valence-corrected chi connectivity index (χ2v) is 1.96. The zero-order valence-corrected chi connectivity index (χ0v) is 6.65. The van der Waals surface area contributed by atoms with Crippen LogP contribution in [-0.4, -0.2) is 6.47 Å². The van der Waals surface area contributed by atoms with Gasteiger partial charge in [0.1, 0.15) is 17.6 Å². The van der Waals surface area contributed by atoms with Crippen molar-refractivity contribution in [2.75, 3.05) is 0 Å². The number of carbonyl (C=O) groups is 1. The number of halogens is 1. The van der Waals surface area contributed by atoms with Crippen molar-refractivity contribution < 1.29 is 18.9 Å². The number of hydrogen-bond donors (Lipinski definition) is 0. The zero-order chi connectivity index (χ0) is 8.81. The Morgan fingerprint density at radius 2 is 2.08 bits per heavy atom. The predicted octanol–water partition coefficient (Wildman–Crippen LogP) is 1.69. The first-order chi connectivity index (χ1) is 5.86. The zero-order valence-electron chi connectivity index (χ0n) is 5.90. The summed E-state index contributed by atoms with van der Waals surface area (Å²) < 4.78 is 8.42. The molecule has 0 saturated carbocycles. The molecule has 0 aliphatic carbocycles. The van der Waals surface area contributed by atoms with Crippen molar-refractivity contribution in [1.29, 1.82) is 0 Å². The first-order valence-electron chi connectivity index (χ1n) is 3.02. The van der Waals surface area contributed by atoms with Crippen LogP contribution in [0.15, 0.2) is 24.3 Å². The van der Waals surface area contributed by atoms with Crippen molar-refractivity contribution in [3.63, 3.8) is 0 Å². The Labute approximate surface area is 73.7 Å². The largest absolute Gasteiger partial charge is 0.429 e. The van der Waals surface area contributed by atoms with E-state index in [4.69, 9.17) is 11.9 Å². The van der Waals surface area contributed by atoms with E-state index in [1.165, 1.54) is 6.07 Å². The minimum absolute atomic E-state index is 0.320. The molecule has 0 saturated heterocycles. The van der Waals surface area contributed by atoms with Crippen molar-refractivity contribution >= 4 is 18.3 Å². The van der Waals surface area contributed by atoms with Crippen LogP contribution < -0.4 is 9.62 Å². The molecule has 0 heterocycles. The van der Waals surface area contributed by atoms with E-state index in [0.717, 1.165) is 0 Å². The Kier molecular flexibility index (Phi) is 3.37.